The summed E-state index contributed by atoms with van der Waals surface area (Å²) in [6.45, 7) is 6.31. The number of rotatable bonds is 7. The molecule has 2 amide bonds. The maximum atomic E-state index is 12.2. The fourth-order valence-electron chi connectivity index (χ4n) is 2.15. The highest BCUT2D eigenvalue weighted by Crippen LogP contribution is 2.19. The standard InChI is InChI=1S/C15H23N5O2S/c1-5-6-7-8-13-17-18-14(23-13)16-15(21)20(4)9-12-10(2)19-22-11(12)3/h5-9H2,1-4H3,(H,16,18,21). The van der Waals surface area contributed by atoms with Crippen LogP contribution >= 0.6 is 11.3 Å². The second-order valence-corrected chi connectivity index (χ2v) is 6.61. The summed E-state index contributed by atoms with van der Waals surface area (Å²) in [4.78, 5) is 13.8. The van der Waals surface area contributed by atoms with Crippen molar-refractivity contribution in [3.05, 3.63) is 22.0 Å². The predicted octanol–water partition coefficient (Wildman–Crippen LogP) is 3.54. The van der Waals surface area contributed by atoms with Gasteiger partial charge in [-0.05, 0) is 20.3 Å². The number of urea groups is 1. The van der Waals surface area contributed by atoms with Crippen LogP contribution in [0.15, 0.2) is 4.52 Å². The van der Waals surface area contributed by atoms with E-state index in [0.29, 0.717) is 11.7 Å². The van der Waals surface area contributed by atoms with Crippen molar-refractivity contribution in [1.82, 2.24) is 20.3 Å². The summed E-state index contributed by atoms with van der Waals surface area (Å²) >= 11 is 1.43. The predicted molar refractivity (Wildman–Crippen MR) is 89.6 cm³/mol. The Balaban J connectivity index is 1.88. The Labute approximate surface area is 140 Å². The van der Waals surface area contributed by atoms with Crippen molar-refractivity contribution < 1.29 is 9.32 Å². The Bertz CT molecular complexity index is 633. The van der Waals surface area contributed by atoms with Gasteiger partial charge in [0.15, 0.2) is 0 Å². The number of anilines is 1. The minimum Gasteiger partial charge on any atom is -0.361 e. The summed E-state index contributed by atoms with van der Waals surface area (Å²) < 4.78 is 5.12. The molecule has 0 aliphatic carbocycles. The number of aryl methyl sites for hydroxylation is 3. The van der Waals surface area contributed by atoms with E-state index in [2.05, 4.69) is 27.6 Å². The first-order chi connectivity index (χ1) is 11.0. The van der Waals surface area contributed by atoms with Crippen LogP contribution in [0.2, 0.25) is 0 Å². The highest BCUT2D eigenvalue weighted by molar-refractivity contribution is 7.15. The molecular weight excluding hydrogens is 314 g/mol. The van der Waals surface area contributed by atoms with Crippen LogP contribution in [0.5, 0.6) is 0 Å². The number of hydrogen-bond acceptors (Lipinski definition) is 6. The summed E-state index contributed by atoms with van der Waals surface area (Å²) in [6, 6.07) is -0.221. The van der Waals surface area contributed by atoms with E-state index < -0.39 is 0 Å². The lowest BCUT2D eigenvalue weighted by Gasteiger charge is -2.16. The van der Waals surface area contributed by atoms with Crippen LogP contribution in [0.3, 0.4) is 0 Å². The Kier molecular flexibility index (Phi) is 6.09. The monoisotopic (exact) mass is 337 g/mol. The first kappa shape index (κ1) is 17.4. The molecular formula is C15H23N5O2S. The number of aromatic nitrogens is 3. The maximum absolute atomic E-state index is 12.2. The Morgan fingerprint density at radius 1 is 1.30 bits per heavy atom. The minimum atomic E-state index is -0.221. The molecule has 2 aromatic heterocycles. The highest BCUT2D eigenvalue weighted by Gasteiger charge is 2.16. The fourth-order valence-corrected chi connectivity index (χ4v) is 2.93. The molecule has 0 spiro atoms. The third-order valence-corrected chi connectivity index (χ3v) is 4.50. The van der Waals surface area contributed by atoms with Gasteiger partial charge in [-0.15, -0.1) is 10.2 Å². The number of hydrogen-bond donors (Lipinski definition) is 1. The zero-order valence-corrected chi connectivity index (χ0v) is 14.9. The van der Waals surface area contributed by atoms with Gasteiger partial charge < -0.3 is 9.42 Å². The average molecular weight is 337 g/mol. The molecule has 0 radical (unpaired) electrons. The zero-order valence-electron chi connectivity index (χ0n) is 14.0. The molecule has 8 heteroatoms. The smallest absolute Gasteiger partial charge is 0.323 e. The molecule has 1 N–H and O–H groups in total. The van der Waals surface area contributed by atoms with Gasteiger partial charge in [0.25, 0.3) is 0 Å². The van der Waals surface area contributed by atoms with Crippen LogP contribution in [0, 0.1) is 13.8 Å². The summed E-state index contributed by atoms with van der Waals surface area (Å²) in [7, 11) is 1.73. The summed E-state index contributed by atoms with van der Waals surface area (Å²) in [5, 5.41) is 16.3. The van der Waals surface area contributed by atoms with Crippen LogP contribution in [-0.2, 0) is 13.0 Å². The number of amides is 2. The van der Waals surface area contributed by atoms with Gasteiger partial charge in [-0.3, -0.25) is 5.32 Å². The van der Waals surface area contributed by atoms with Crippen LogP contribution < -0.4 is 5.32 Å². The van der Waals surface area contributed by atoms with E-state index in [-0.39, 0.29) is 6.03 Å². The van der Waals surface area contributed by atoms with Gasteiger partial charge in [-0.2, -0.15) is 0 Å². The molecule has 0 saturated carbocycles. The quantitative estimate of drug-likeness (QED) is 0.781. The van der Waals surface area contributed by atoms with Crippen molar-refractivity contribution in [3.8, 4) is 0 Å². The van der Waals surface area contributed by atoms with E-state index in [1.54, 1.807) is 11.9 Å². The van der Waals surface area contributed by atoms with E-state index in [1.165, 1.54) is 24.2 Å². The summed E-state index contributed by atoms with van der Waals surface area (Å²) in [5.74, 6) is 0.733. The third kappa shape index (κ3) is 4.75. The van der Waals surface area contributed by atoms with E-state index in [1.807, 2.05) is 13.8 Å². The number of unbranched alkanes of at least 4 members (excludes halogenated alkanes) is 2. The molecule has 0 saturated heterocycles. The first-order valence-electron chi connectivity index (χ1n) is 7.77. The van der Waals surface area contributed by atoms with Crippen molar-refractivity contribution in [3.63, 3.8) is 0 Å². The molecule has 2 rings (SSSR count). The molecule has 23 heavy (non-hydrogen) atoms. The zero-order chi connectivity index (χ0) is 16.8. The molecule has 126 valence electrons. The summed E-state index contributed by atoms with van der Waals surface area (Å²) in [5.41, 5.74) is 1.73. The third-order valence-electron chi connectivity index (χ3n) is 3.60. The van der Waals surface area contributed by atoms with Gasteiger partial charge in [0.2, 0.25) is 5.13 Å². The lowest BCUT2D eigenvalue weighted by atomic mass is 10.2. The number of carbonyl (C=O) groups excluding carboxylic acids is 1. The van der Waals surface area contributed by atoms with Gasteiger partial charge in [-0.1, -0.05) is 36.3 Å². The Morgan fingerprint density at radius 3 is 2.74 bits per heavy atom. The lowest BCUT2D eigenvalue weighted by molar-refractivity contribution is 0.220. The van der Waals surface area contributed by atoms with Crippen molar-refractivity contribution in [2.75, 3.05) is 12.4 Å². The summed E-state index contributed by atoms with van der Waals surface area (Å²) in [6.07, 6.45) is 4.37. The minimum absolute atomic E-state index is 0.221. The normalized spacial score (nSPS) is 10.8. The largest absolute Gasteiger partial charge is 0.361 e. The molecule has 0 unspecified atom stereocenters. The molecule has 0 atom stereocenters. The molecule has 0 aromatic carbocycles. The lowest BCUT2D eigenvalue weighted by Crippen LogP contribution is -2.31. The van der Waals surface area contributed by atoms with E-state index in [9.17, 15) is 4.79 Å². The maximum Gasteiger partial charge on any atom is 0.323 e. The van der Waals surface area contributed by atoms with Gasteiger partial charge in [0.05, 0.1) is 12.2 Å². The van der Waals surface area contributed by atoms with Crippen LogP contribution in [0.25, 0.3) is 0 Å². The van der Waals surface area contributed by atoms with Crippen molar-refractivity contribution >= 4 is 22.5 Å². The number of carbonyl (C=O) groups is 1. The molecule has 2 aromatic rings. The van der Waals surface area contributed by atoms with Crippen molar-refractivity contribution in [2.45, 2.75) is 53.0 Å². The first-order valence-corrected chi connectivity index (χ1v) is 8.59. The highest BCUT2D eigenvalue weighted by atomic mass is 32.1. The van der Waals surface area contributed by atoms with Gasteiger partial charge >= 0.3 is 6.03 Å². The van der Waals surface area contributed by atoms with E-state index in [0.717, 1.165) is 34.9 Å². The van der Waals surface area contributed by atoms with Crippen molar-refractivity contribution in [2.24, 2.45) is 0 Å². The molecule has 0 aliphatic heterocycles. The van der Waals surface area contributed by atoms with Gasteiger partial charge in [0, 0.05) is 19.0 Å². The van der Waals surface area contributed by atoms with Crippen LogP contribution in [0.1, 0.15) is 48.2 Å². The van der Waals surface area contributed by atoms with Crippen LogP contribution in [-0.4, -0.2) is 33.3 Å². The van der Waals surface area contributed by atoms with E-state index >= 15 is 0 Å². The molecule has 2 heterocycles. The van der Waals surface area contributed by atoms with E-state index in [4.69, 9.17) is 4.52 Å². The van der Waals surface area contributed by atoms with Gasteiger partial charge in [-0.25, -0.2) is 4.79 Å². The van der Waals surface area contributed by atoms with Crippen molar-refractivity contribution in [1.29, 1.82) is 0 Å². The topological polar surface area (TPSA) is 84.2 Å². The average Bonchev–Trinajstić information content (AvgIpc) is 3.09. The number of nitrogens with one attached hydrogen (secondary N) is 1. The fraction of sp³-hybridized carbons (Fsp3) is 0.600. The molecule has 0 aliphatic rings. The second-order valence-electron chi connectivity index (χ2n) is 5.55. The number of nitrogens with zero attached hydrogens (tertiary/aromatic N) is 4. The molecule has 0 bridgehead atoms. The Hall–Kier alpha value is -1.96. The molecule has 0 fully saturated rings. The Morgan fingerprint density at radius 2 is 2.09 bits per heavy atom. The van der Waals surface area contributed by atoms with Crippen LogP contribution in [0.4, 0.5) is 9.93 Å². The van der Waals surface area contributed by atoms with Gasteiger partial charge in [0.1, 0.15) is 10.8 Å². The molecule has 7 nitrogen and oxygen atoms in total. The SMILES string of the molecule is CCCCCc1nnc(NC(=O)N(C)Cc2c(C)noc2C)s1. The second kappa shape index (κ2) is 8.05.